The first-order valence-corrected chi connectivity index (χ1v) is 9.12. The van der Waals surface area contributed by atoms with Crippen LogP contribution in [-0.2, 0) is 16.0 Å². The van der Waals surface area contributed by atoms with Gasteiger partial charge in [0, 0.05) is 12.1 Å². The van der Waals surface area contributed by atoms with E-state index < -0.39 is 0 Å². The number of halogens is 1. The fourth-order valence-electron chi connectivity index (χ4n) is 2.85. The van der Waals surface area contributed by atoms with Crippen LogP contribution in [0.3, 0.4) is 0 Å². The second kappa shape index (κ2) is 7.41. The van der Waals surface area contributed by atoms with Crippen molar-refractivity contribution in [2.24, 2.45) is 5.92 Å². The molecular weight excluding hydrogens is 400 g/mol. The minimum atomic E-state index is -0.322. The summed E-state index contributed by atoms with van der Waals surface area (Å²) in [6.45, 7) is 4.02. The quantitative estimate of drug-likeness (QED) is 0.649. The molecule has 2 heterocycles. The summed E-state index contributed by atoms with van der Waals surface area (Å²) < 4.78 is 0.665. The van der Waals surface area contributed by atoms with E-state index in [-0.39, 0.29) is 36.0 Å². The Morgan fingerprint density at radius 2 is 2.00 bits per heavy atom. The van der Waals surface area contributed by atoms with Gasteiger partial charge < -0.3 is 5.32 Å². The third kappa shape index (κ3) is 3.85. The van der Waals surface area contributed by atoms with Crippen LogP contribution in [0, 0.1) is 5.92 Å². The van der Waals surface area contributed by atoms with Gasteiger partial charge in [0.15, 0.2) is 5.69 Å². The van der Waals surface area contributed by atoms with Crippen LogP contribution in [0.4, 0.5) is 5.69 Å². The third-order valence-electron chi connectivity index (χ3n) is 4.28. The Morgan fingerprint density at radius 3 is 2.54 bits per heavy atom. The lowest BCUT2D eigenvalue weighted by atomic mass is 9.98. The van der Waals surface area contributed by atoms with Crippen LogP contribution in [0.1, 0.15) is 47.9 Å². The Kier molecular flexibility index (Phi) is 5.22. The average Bonchev–Trinajstić information content (AvgIpc) is 3.11. The molecule has 1 fully saturated rings. The number of carbonyl (C=O) groups excluding carboxylic acids is 3. The predicted molar refractivity (Wildman–Crippen MR) is 99.7 cm³/mol. The van der Waals surface area contributed by atoms with Crippen LogP contribution in [0.5, 0.6) is 0 Å². The molecule has 1 atom stereocenters. The maximum atomic E-state index is 12.4. The second-order valence-corrected chi connectivity index (χ2v) is 7.42. The summed E-state index contributed by atoms with van der Waals surface area (Å²) in [4.78, 5) is 35.3. The van der Waals surface area contributed by atoms with E-state index in [0.29, 0.717) is 22.3 Å². The van der Waals surface area contributed by atoms with Crippen LogP contribution in [0.15, 0.2) is 28.7 Å². The standard InChI is InChI=1S/C18H19BrN4O3/c1-9(2)15-14(19)16(23-22-15)18(26)20-12-5-3-10(4-6-12)7-11-8-13(24)21-17(11)25/h3-6,9,11H,7-8H2,1-2H3,(H,20,26)(H,22,23)(H,21,24,25). The zero-order valence-electron chi connectivity index (χ0n) is 14.4. The van der Waals surface area contributed by atoms with E-state index in [1.54, 1.807) is 12.1 Å². The summed E-state index contributed by atoms with van der Waals surface area (Å²) in [5, 5.41) is 12.1. The second-order valence-electron chi connectivity index (χ2n) is 6.62. The highest BCUT2D eigenvalue weighted by Gasteiger charge is 2.30. The van der Waals surface area contributed by atoms with E-state index in [4.69, 9.17) is 0 Å². The molecule has 1 aliphatic rings. The lowest BCUT2D eigenvalue weighted by Crippen LogP contribution is -2.22. The number of benzene rings is 1. The summed E-state index contributed by atoms with van der Waals surface area (Å²) in [6.07, 6.45) is 0.719. The average molecular weight is 419 g/mol. The van der Waals surface area contributed by atoms with Gasteiger partial charge in [-0.05, 0) is 46.0 Å². The highest BCUT2D eigenvalue weighted by Crippen LogP contribution is 2.26. The summed E-state index contributed by atoms with van der Waals surface area (Å²) in [5.41, 5.74) is 2.74. The fraction of sp³-hybridized carbons (Fsp3) is 0.333. The smallest absolute Gasteiger partial charge is 0.277 e. The van der Waals surface area contributed by atoms with Crippen molar-refractivity contribution >= 4 is 39.3 Å². The summed E-state index contributed by atoms with van der Waals surface area (Å²) in [5.74, 6) is -0.866. The van der Waals surface area contributed by atoms with Crippen molar-refractivity contribution in [3.63, 3.8) is 0 Å². The van der Waals surface area contributed by atoms with Crippen molar-refractivity contribution in [1.29, 1.82) is 0 Å². The van der Waals surface area contributed by atoms with Crippen molar-refractivity contribution in [1.82, 2.24) is 15.5 Å². The molecule has 3 rings (SSSR count). The lowest BCUT2D eigenvalue weighted by Gasteiger charge is -2.08. The summed E-state index contributed by atoms with van der Waals surface area (Å²) >= 11 is 3.42. The molecule has 1 aliphatic heterocycles. The van der Waals surface area contributed by atoms with Gasteiger partial charge in [-0.1, -0.05) is 26.0 Å². The van der Waals surface area contributed by atoms with E-state index in [1.165, 1.54) is 0 Å². The van der Waals surface area contributed by atoms with Crippen LogP contribution in [0.2, 0.25) is 0 Å². The fourth-order valence-corrected chi connectivity index (χ4v) is 3.66. The maximum Gasteiger partial charge on any atom is 0.277 e. The van der Waals surface area contributed by atoms with Gasteiger partial charge in [0.25, 0.3) is 5.91 Å². The maximum absolute atomic E-state index is 12.4. The number of aromatic amines is 1. The number of rotatable bonds is 5. The van der Waals surface area contributed by atoms with E-state index in [0.717, 1.165) is 11.3 Å². The van der Waals surface area contributed by atoms with E-state index in [2.05, 4.69) is 36.8 Å². The van der Waals surface area contributed by atoms with Crippen molar-refractivity contribution < 1.29 is 14.4 Å². The molecule has 1 aromatic carbocycles. The zero-order chi connectivity index (χ0) is 18.8. The molecule has 8 heteroatoms. The minimum Gasteiger partial charge on any atom is -0.321 e. The Bertz CT molecular complexity index is 858. The van der Waals surface area contributed by atoms with Crippen LogP contribution >= 0.6 is 15.9 Å². The largest absolute Gasteiger partial charge is 0.321 e. The Morgan fingerprint density at radius 1 is 1.31 bits per heavy atom. The molecule has 0 aliphatic carbocycles. The molecule has 2 aromatic rings. The third-order valence-corrected chi connectivity index (χ3v) is 5.09. The van der Waals surface area contributed by atoms with Gasteiger partial charge in [-0.25, -0.2) is 0 Å². The Hall–Kier alpha value is -2.48. The Labute approximate surface area is 159 Å². The number of amides is 3. The first-order chi connectivity index (χ1) is 12.3. The topological polar surface area (TPSA) is 104 Å². The van der Waals surface area contributed by atoms with Crippen LogP contribution in [-0.4, -0.2) is 27.9 Å². The van der Waals surface area contributed by atoms with Crippen molar-refractivity contribution in [3.05, 3.63) is 45.7 Å². The molecule has 0 bridgehead atoms. The summed E-state index contributed by atoms with van der Waals surface area (Å²) in [7, 11) is 0. The van der Waals surface area contributed by atoms with Crippen LogP contribution < -0.4 is 10.6 Å². The van der Waals surface area contributed by atoms with Gasteiger partial charge in [0.05, 0.1) is 16.1 Å². The molecule has 1 saturated heterocycles. The predicted octanol–water partition coefficient (Wildman–Crippen LogP) is 2.75. The van der Waals surface area contributed by atoms with E-state index in [1.807, 2.05) is 26.0 Å². The number of carbonyl (C=O) groups is 3. The number of imide groups is 1. The van der Waals surface area contributed by atoms with Crippen LogP contribution in [0.25, 0.3) is 0 Å². The van der Waals surface area contributed by atoms with Gasteiger partial charge in [-0.15, -0.1) is 0 Å². The van der Waals surface area contributed by atoms with E-state index in [9.17, 15) is 14.4 Å². The highest BCUT2D eigenvalue weighted by atomic mass is 79.9. The van der Waals surface area contributed by atoms with Gasteiger partial charge >= 0.3 is 0 Å². The molecule has 1 aromatic heterocycles. The lowest BCUT2D eigenvalue weighted by molar-refractivity contribution is -0.125. The molecule has 0 radical (unpaired) electrons. The molecular formula is C18H19BrN4O3. The van der Waals surface area contributed by atoms with E-state index >= 15 is 0 Å². The number of H-pyrrole nitrogens is 1. The van der Waals surface area contributed by atoms with Gasteiger partial charge in [0.1, 0.15) is 0 Å². The number of nitrogens with zero attached hydrogens (tertiary/aromatic N) is 1. The zero-order valence-corrected chi connectivity index (χ0v) is 16.0. The highest BCUT2D eigenvalue weighted by molar-refractivity contribution is 9.10. The molecule has 0 saturated carbocycles. The molecule has 3 amide bonds. The summed E-state index contributed by atoms with van der Waals surface area (Å²) in [6, 6.07) is 7.22. The molecule has 136 valence electrons. The van der Waals surface area contributed by atoms with Gasteiger partial charge in [-0.3, -0.25) is 24.8 Å². The molecule has 1 unspecified atom stereocenters. The molecule has 7 nitrogen and oxygen atoms in total. The first kappa shape index (κ1) is 18.3. The number of aromatic nitrogens is 2. The normalized spacial score (nSPS) is 16.8. The Balaban J connectivity index is 1.65. The monoisotopic (exact) mass is 418 g/mol. The number of nitrogens with one attached hydrogen (secondary N) is 3. The first-order valence-electron chi connectivity index (χ1n) is 8.33. The molecule has 26 heavy (non-hydrogen) atoms. The van der Waals surface area contributed by atoms with Crippen molar-refractivity contribution in [2.45, 2.75) is 32.6 Å². The van der Waals surface area contributed by atoms with Crippen molar-refractivity contribution in [2.75, 3.05) is 5.32 Å². The molecule has 3 N–H and O–H groups in total. The SMILES string of the molecule is CC(C)c1[nH]nc(C(=O)Nc2ccc(CC3CC(=O)NC3=O)cc2)c1Br. The molecule has 0 spiro atoms. The van der Waals surface area contributed by atoms with Gasteiger partial charge in [-0.2, -0.15) is 5.10 Å². The number of anilines is 1. The van der Waals surface area contributed by atoms with Gasteiger partial charge in [0.2, 0.25) is 11.8 Å². The van der Waals surface area contributed by atoms with Crippen molar-refractivity contribution in [3.8, 4) is 0 Å². The number of hydrogen-bond acceptors (Lipinski definition) is 4. The minimum absolute atomic E-state index is 0.220. The number of hydrogen-bond donors (Lipinski definition) is 3.